The van der Waals surface area contributed by atoms with Gasteiger partial charge in [0.25, 0.3) is 0 Å². The maximum Gasteiger partial charge on any atom is 0.306 e. The molecule has 10 N–H and O–H groups in total. The van der Waals surface area contributed by atoms with Gasteiger partial charge in [-0.05, 0) is 172 Å². The lowest BCUT2D eigenvalue weighted by Crippen LogP contribution is -2.29. The molecule has 0 saturated heterocycles. The van der Waals surface area contributed by atoms with Gasteiger partial charge in [-0.1, -0.05) is 194 Å². The number of carbonyl (C=O) groups is 2. The van der Waals surface area contributed by atoms with Gasteiger partial charge in [0.1, 0.15) is 40.1 Å². The number of nitrogens with one attached hydrogen (secondary N) is 6. The van der Waals surface area contributed by atoms with Crippen LogP contribution in [0.5, 0.6) is 23.0 Å². The Labute approximate surface area is 565 Å². The third kappa shape index (κ3) is 20.7. The van der Waals surface area contributed by atoms with E-state index < -0.39 is 0 Å². The molecule has 0 amide bonds. The van der Waals surface area contributed by atoms with Crippen LogP contribution >= 0.6 is 23.2 Å². The molecule has 0 saturated carbocycles. The van der Waals surface area contributed by atoms with E-state index in [1.54, 1.807) is 63.9 Å². The number of hydrogen-bond acceptors (Lipinski definition) is 16. The quantitative estimate of drug-likeness (QED) is 0.0139. The van der Waals surface area contributed by atoms with Gasteiger partial charge in [0.2, 0.25) is 0 Å². The third-order valence-corrected chi connectivity index (χ3v) is 16.9. The predicted molar refractivity (Wildman–Crippen MR) is 388 cm³/mol. The molecule has 11 rings (SSSR count). The van der Waals surface area contributed by atoms with E-state index in [2.05, 4.69) is 52.5 Å². The predicted octanol–water partition coefficient (Wildman–Crippen LogP) is 20.2. The fourth-order valence-corrected chi connectivity index (χ4v) is 11.5. The molecular formula is C76H93Cl2N9O7. The van der Waals surface area contributed by atoms with E-state index in [0.29, 0.717) is 52.0 Å². The second kappa shape index (κ2) is 35.8. The van der Waals surface area contributed by atoms with Crippen LogP contribution in [-0.4, -0.2) is 38.8 Å². The van der Waals surface area contributed by atoms with E-state index in [-0.39, 0.29) is 34.8 Å². The summed E-state index contributed by atoms with van der Waals surface area (Å²) in [5.41, 5.74) is 33.6. The molecule has 3 heterocycles. The molecule has 0 atom stereocenters. The lowest BCUT2D eigenvalue weighted by Gasteiger charge is -2.22. The Balaban J connectivity index is 0.000000166. The number of aryl methyl sites for hydroxylation is 6. The molecule has 8 aromatic rings. The number of esters is 1. The van der Waals surface area contributed by atoms with Gasteiger partial charge in [-0.2, -0.15) is 15.4 Å². The Hall–Kier alpha value is -9.12. The molecule has 0 unspecified atom stereocenters. The lowest BCUT2D eigenvalue weighted by molar-refractivity contribution is -0.143. The fourth-order valence-electron chi connectivity index (χ4n) is 11.2. The first-order chi connectivity index (χ1) is 45.5. The zero-order chi connectivity index (χ0) is 66.9. The summed E-state index contributed by atoms with van der Waals surface area (Å²) >= 11 is 12.0. The van der Waals surface area contributed by atoms with Gasteiger partial charge >= 0.3 is 5.97 Å². The number of anilines is 9. The molecule has 8 aromatic carbocycles. The Morgan fingerprint density at radius 3 is 1.46 bits per heavy atom. The summed E-state index contributed by atoms with van der Waals surface area (Å²) in [4.78, 5) is 24.1. The second-order valence-corrected chi connectivity index (χ2v) is 25.2. The van der Waals surface area contributed by atoms with E-state index >= 15 is 0 Å². The van der Waals surface area contributed by atoms with Crippen molar-refractivity contribution >= 4 is 86.1 Å². The zero-order valence-electron chi connectivity index (χ0n) is 55.2. The number of phenols is 4. The van der Waals surface area contributed by atoms with Crippen LogP contribution in [-0.2, 0) is 22.4 Å². The van der Waals surface area contributed by atoms with E-state index in [1.807, 2.05) is 125 Å². The van der Waals surface area contributed by atoms with E-state index in [4.69, 9.17) is 27.9 Å². The molecular weight excluding hydrogens is 1220 g/mol. The number of aromatic hydroxyl groups is 4. The number of benzene rings is 8. The number of ketones is 1. The van der Waals surface area contributed by atoms with E-state index in [0.717, 1.165) is 86.9 Å². The van der Waals surface area contributed by atoms with Crippen molar-refractivity contribution in [2.75, 3.05) is 54.5 Å². The van der Waals surface area contributed by atoms with E-state index in [9.17, 15) is 30.0 Å². The topological polar surface area (TPSA) is 206 Å². The molecule has 0 fully saturated rings. The van der Waals surface area contributed by atoms with Gasteiger partial charge in [0.15, 0.2) is 5.78 Å². The molecule has 3 aliphatic heterocycles. The smallest absolute Gasteiger partial charge is 0.306 e. The minimum Gasteiger partial charge on any atom is -0.507 e. The highest BCUT2D eigenvalue weighted by atomic mass is 35.5. The number of para-hydroxylation sites is 2. The highest BCUT2D eigenvalue weighted by Crippen LogP contribution is 2.41. The summed E-state index contributed by atoms with van der Waals surface area (Å²) in [5, 5.41) is 47.2. The summed E-state index contributed by atoms with van der Waals surface area (Å²) < 4.78 is 5.37. The van der Waals surface area contributed by atoms with E-state index in [1.165, 1.54) is 95.5 Å². The van der Waals surface area contributed by atoms with Crippen molar-refractivity contribution in [3.63, 3.8) is 0 Å². The maximum atomic E-state index is 12.1. The van der Waals surface area contributed by atoms with Gasteiger partial charge in [-0.3, -0.25) is 42.1 Å². The number of ether oxygens (including phenoxy) is 1. The van der Waals surface area contributed by atoms with Crippen LogP contribution in [0.15, 0.2) is 152 Å². The van der Waals surface area contributed by atoms with Crippen LogP contribution in [0.1, 0.15) is 172 Å². The highest BCUT2D eigenvalue weighted by Gasteiger charge is 2.25. The molecule has 0 aromatic heterocycles. The van der Waals surface area contributed by atoms with Gasteiger partial charge < -0.3 is 25.2 Å². The van der Waals surface area contributed by atoms with Crippen molar-refractivity contribution in [1.82, 2.24) is 0 Å². The van der Waals surface area contributed by atoms with Crippen molar-refractivity contribution < 1.29 is 34.8 Å². The van der Waals surface area contributed by atoms with Gasteiger partial charge in [0, 0.05) is 22.0 Å². The molecule has 0 bridgehead atoms. The number of hydrogen-bond donors (Lipinski definition) is 10. The average molecular weight is 1320 g/mol. The first-order valence-corrected chi connectivity index (χ1v) is 33.9. The molecule has 0 spiro atoms. The minimum atomic E-state index is -0.180. The molecule has 498 valence electrons. The number of hydrazine groups is 6. The minimum absolute atomic E-state index is 0.0360. The largest absolute Gasteiger partial charge is 0.507 e. The van der Waals surface area contributed by atoms with Gasteiger partial charge in [-0.15, -0.1) is 0 Å². The van der Waals surface area contributed by atoms with Crippen molar-refractivity contribution in [3.8, 4) is 23.0 Å². The normalized spacial score (nSPS) is 12.1. The summed E-state index contributed by atoms with van der Waals surface area (Å²) in [6.45, 7) is 12.6. The lowest BCUT2D eigenvalue weighted by atomic mass is 10.0. The molecule has 0 aliphatic carbocycles. The Kier molecular flexibility index (Phi) is 26.9. The number of nitrogens with zero attached hydrogens (tertiary/aromatic N) is 3. The van der Waals surface area contributed by atoms with Crippen LogP contribution in [0.2, 0.25) is 10.0 Å². The van der Waals surface area contributed by atoms with Crippen molar-refractivity contribution in [1.29, 1.82) is 0 Å². The number of halogens is 2. The van der Waals surface area contributed by atoms with Crippen LogP contribution in [0.3, 0.4) is 0 Å². The van der Waals surface area contributed by atoms with Gasteiger partial charge in [0.05, 0.1) is 46.3 Å². The van der Waals surface area contributed by atoms with Gasteiger partial charge in [-0.25, -0.2) is 0 Å². The Morgan fingerprint density at radius 2 is 0.894 bits per heavy atom. The summed E-state index contributed by atoms with van der Waals surface area (Å²) in [7, 11) is 0. The van der Waals surface area contributed by atoms with Crippen LogP contribution < -0.4 is 47.9 Å². The average Bonchev–Trinajstić information content (AvgIpc) is 1.62. The second-order valence-electron chi connectivity index (χ2n) is 24.3. The highest BCUT2D eigenvalue weighted by molar-refractivity contribution is 6.31. The first kappa shape index (κ1) is 70.7. The molecule has 16 nitrogen and oxygen atoms in total. The van der Waals surface area contributed by atoms with Crippen molar-refractivity contribution in [3.05, 3.63) is 206 Å². The molecule has 3 aliphatic rings. The molecule has 0 radical (unpaired) electrons. The standard InChI is InChI=1S/C24H32ClN3O3.C24H35N3O.C14H14ClN3O.C14H12O2/c1-3-4-5-6-7-8-13-31-23(29)12-9-18-14-17(2)24(30)22(15-18)28-26-20-11-10-19(25)16-21(20)27-28;1-2-3-4-5-6-7-8-9-10-11-14-20-17-18-24(28)23(19-20)27-25-21-15-12-13-16-22(21)26-27;1-8-5-9(2)14(19)13(6-8)18-16-11-4-3-10(15)7-12(11)17-18;1-10-7-8-12(13(15)9-10)14(16)11-5-3-2-4-6-11/h10-11,14-16,26-27,30H,3-9,12-13H2,1-2H3;12-13,15-19,25-26,28H,2-11,14H2,1H3;3-7,16-17,19H,1-2H3;2-9,15H,1H3. The SMILES string of the molecule is CCCCCCCCCCCCc1ccc(O)c(N2Nc3ccccc3N2)c1.CCCCCCCCOC(=O)CCc1cc(C)c(O)c(N2Nc3ccc(Cl)cc3N2)c1.Cc1cc(C)c(O)c(N2Nc3ccc(Cl)cc3N2)c1.Cc1ccc(C(=O)c2ccccc2)c(O)c1. The molecule has 18 heteroatoms. The molecule has 94 heavy (non-hydrogen) atoms. The first-order valence-electron chi connectivity index (χ1n) is 33.2. The van der Waals surface area contributed by atoms with Crippen LogP contribution in [0, 0.1) is 27.7 Å². The third-order valence-electron chi connectivity index (χ3n) is 16.4. The zero-order valence-corrected chi connectivity index (χ0v) is 56.7. The van der Waals surface area contributed by atoms with Crippen LogP contribution in [0.25, 0.3) is 0 Å². The number of phenolic OH excluding ortho intramolecular Hbond substituents is 4. The van der Waals surface area contributed by atoms with Crippen molar-refractivity contribution in [2.45, 2.75) is 164 Å². The fraction of sp³-hybridized carbons (Fsp3) is 0.342. The Bertz CT molecular complexity index is 3750. The van der Waals surface area contributed by atoms with Crippen molar-refractivity contribution in [2.24, 2.45) is 0 Å². The summed E-state index contributed by atoms with van der Waals surface area (Å²) in [5.74, 6) is 0.407. The Morgan fingerprint density at radius 1 is 0.415 bits per heavy atom. The number of rotatable bonds is 26. The van der Waals surface area contributed by atoms with Crippen LogP contribution in [0.4, 0.5) is 51.2 Å². The maximum absolute atomic E-state index is 12.1. The number of carbonyl (C=O) groups excluding carboxylic acids is 2. The monoisotopic (exact) mass is 1310 g/mol. The number of unbranched alkanes of at least 4 members (excludes halogenated alkanes) is 14. The summed E-state index contributed by atoms with van der Waals surface area (Å²) in [6.07, 6.45) is 22.5. The summed E-state index contributed by atoms with van der Waals surface area (Å²) in [6, 6.07) is 46.6. The number of fused-ring (bicyclic) bond motifs is 3.